The van der Waals surface area contributed by atoms with Gasteiger partial charge < -0.3 is 5.32 Å². The average molecular weight is 199 g/mol. The zero-order valence-corrected chi connectivity index (χ0v) is 8.16. The number of benzene rings is 2. The first-order chi connectivity index (χ1) is 7.27. The Morgan fingerprint density at radius 3 is 2.67 bits per heavy atom. The fraction of sp³-hybridized carbons (Fsp3) is 0.0833. The van der Waals surface area contributed by atoms with E-state index in [1.807, 2.05) is 42.5 Å². The smallest absolute Gasteiger partial charge is 0.257 e. The van der Waals surface area contributed by atoms with Crippen LogP contribution in [0.4, 0.5) is 5.69 Å². The molecule has 1 amide bonds. The summed E-state index contributed by atoms with van der Waals surface area (Å²) in [6.45, 7) is 0.0496. The number of hydrogen-bond donors (Lipinski definition) is 1. The molecule has 1 radical (unpaired) electrons. The molecule has 0 aliphatic heterocycles. The number of anilines is 1. The predicted octanol–water partition coefficient (Wildman–Crippen LogP) is 2.06. The Labute approximate surface area is 87.9 Å². The third-order valence-electron chi connectivity index (χ3n) is 2.23. The second kappa shape index (κ2) is 4.00. The van der Waals surface area contributed by atoms with Crippen LogP contribution in [0.2, 0.25) is 0 Å². The van der Waals surface area contributed by atoms with Crippen LogP contribution in [0.25, 0.3) is 10.8 Å². The van der Waals surface area contributed by atoms with Gasteiger partial charge in [0.05, 0.1) is 6.54 Å². The van der Waals surface area contributed by atoms with E-state index in [2.05, 4.69) is 5.32 Å². The maximum Gasteiger partial charge on any atom is 0.257 e. The summed E-state index contributed by atoms with van der Waals surface area (Å²) in [5, 5.41) is 5.15. The molecule has 0 spiro atoms. The molecule has 0 atom stereocenters. The van der Waals surface area contributed by atoms with E-state index < -0.39 is 5.91 Å². The molecule has 0 unspecified atom stereocenters. The fourth-order valence-electron chi connectivity index (χ4n) is 1.56. The van der Waals surface area contributed by atoms with Crippen molar-refractivity contribution in [2.24, 2.45) is 0 Å². The first-order valence-electron chi connectivity index (χ1n) is 4.73. The van der Waals surface area contributed by atoms with Crippen molar-refractivity contribution in [1.29, 1.82) is 0 Å². The Kier molecular flexibility index (Phi) is 2.54. The van der Waals surface area contributed by atoms with E-state index in [1.165, 1.54) is 0 Å². The molecule has 75 valence electrons. The first kappa shape index (κ1) is 9.52. The lowest BCUT2D eigenvalue weighted by Gasteiger charge is -2.07. The Balaban J connectivity index is 2.38. The Morgan fingerprint density at radius 2 is 1.87 bits per heavy atom. The van der Waals surface area contributed by atoms with Gasteiger partial charge in [-0.15, -0.1) is 0 Å². The minimum Gasteiger partial charge on any atom is -0.376 e. The Hall–Kier alpha value is -2.03. The minimum absolute atomic E-state index is 0.0496. The van der Waals surface area contributed by atoms with E-state index in [1.54, 1.807) is 0 Å². The van der Waals surface area contributed by atoms with Crippen LogP contribution in [0.1, 0.15) is 0 Å². The molecule has 2 aromatic carbocycles. The van der Waals surface area contributed by atoms with Crippen molar-refractivity contribution in [3.8, 4) is 0 Å². The van der Waals surface area contributed by atoms with Crippen molar-refractivity contribution < 1.29 is 4.79 Å². The molecule has 0 bridgehead atoms. The third-order valence-corrected chi connectivity index (χ3v) is 2.23. The maximum absolute atomic E-state index is 10.6. The molecule has 0 fully saturated rings. The number of rotatable bonds is 3. The monoisotopic (exact) mass is 199 g/mol. The largest absolute Gasteiger partial charge is 0.376 e. The van der Waals surface area contributed by atoms with Gasteiger partial charge in [-0.2, -0.15) is 0 Å². The zero-order valence-electron chi connectivity index (χ0n) is 8.16. The summed E-state index contributed by atoms with van der Waals surface area (Å²) in [5.41, 5.74) is 7.73. The van der Waals surface area contributed by atoms with Gasteiger partial charge in [-0.25, -0.2) is 0 Å². The summed E-state index contributed by atoms with van der Waals surface area (Å²) in [7, 11) is 0. The van der Waals surface area contributed by atoms with E-state index in [4.69, 9.17) is 5.73 Å². The normalized spacial score (nSPS) is 10.1. The molecule has 2 rings (SSSR count). The number of carbonyl (C=O) groups excluding carboxylic acids is 1. The summed E-state index contributed by atoms with van der Waals surface area (Å²) < 4.78 is 0. The molecular weight excluding hydrogens is 188 g/mol. The standard InChI is InChI=1S/C12H11N2O/c13-12(15)8-14-11-7-3-5-9-4-1-2-6-10(9)11/h1-7,13-14H,8H2. The lowest BCUT2D eigenvalue weighted by atomic mass is 10.1. The van der Waals surface area contributed by atoms with Crippen LogP contribution in [0.5, 0.6) is 0 Å². The van der Waals surface area contributed by atoms with Gasteiger partial charge in [0.2, 0.25) is 0 Å². The van der Waals surface area contributed by atoms with E-state index in [9.17, 15) is 4.79 Å². The molecule has 3 heteroatoms. The van der Waals surface area contributed by atoms with Crippen LogP contribution >= 0.6 is 0 Å². The summed E-state index contributed by atoms with van der Waals surface area (Å²) in [6, 6.07) is 13.8. The van der Waals surface area contributed by atoms with Gasteiger partial charge in [0.15, 0.2) is 0 Å². The molecular formula is C12H11N2O. The highest BCUT2D eigenvalue weighted by Gasteiger charge is 2.00. The predicted molar refractivity (Wildman–Crippen MR) is 60.5 cm³/mol. The molecule has 2 aromatic rings. The van der Waals surface area contributed by atoms with E-state index in [-0.39, 0.29) is 6.54 Å². The highest BCUT2D eigenvalue weighted by atomic mass is 16.1. The number of fused-ring (bicyclic) bond motifs is 1. The first-order valence-corrected chi connectivity index (χ1v) is 4.73. The van der Waals surface area contributed by atoms with Gasteiger partial charge in [-0.05, 0) is 11.5 Å². The third kappa shape index (κ3) is 2.07. The molecule has 0 aliphatic rings. The number of nitrogens with one attached hydrogen (secondary N) is 2. The molecule has 3 nitrogen and oxygen atoms in total. The zero-order chi connectivity index (χ0) is 10.7. The number of carbonyl (C=O) groups is 1. The molecule has 15 heavy (non-hydrogen) atoms. The van der Waals surface area contributed by atoms with Crippen molar-refractivity contribution in [1.82, 2.24) is 5.73 Å². The second-order valence-electron chi connectivity index (χ2n) is 3.30. The lowest BCUT2D eigenvalue weighted by molar-refractivity contribution is -0.117. The summed E-state index contributed by atoms with van der Waals surface area (Å²) >= 11 is 0. The number of amides is 1. The molecule has 0 saturated heterocycles. The lowest BCUT2D eigenvalue weighted by Crippen LogP contribution is -2.13. The van der Waals surface area contributed by atoms with Crippen LogP contribution in [-0.4, -0.2) is 12.5 Å². The van der Waals surface area contributed by atoms with Gasteiger partial charge in [0.1, 0.15) is 0 Å². The van der Waals surface area contributed by atoms with Crippen LogP contribution in [0.15, 0.2) is 42.5 Å². The molecule has 2 N–H and O–H groups in total. The van der Waals surface area contributed by atoms with Crippen LogP contribution in [0, 0.1) is 0 Å². The van der Waals surface area contributed by atoms with E-state index >= 15 is 0 Å². The molecule has 0 aromatic heterocycles. The quantitative estimate of drug-likeness (QED) is 0.822. The molecule has 0 saturated carbocycles. The van der Waals surface area contributed by atoms with Crippen molar-refractivity contribution in [2.75, 3.05) is 11.9 Å². The van der Waals surface area contributed by atoms with E-state index in [0.29, 0.717) is 0 Å². The van der Waals surface area contributed by atoms with Crippen molar-refractivity contribution >= 4 is 22.4 Å². The minimum atomic E-state index is -0.608. The van der Waals surface area contributed by atoms with Gasteiger partial charge >= 0.3 is 0 Å². The summed E-state index contributed by atoms with van der Waals surface area (Å²) in [6.07, 6.45) is 0. The van der Waals surface area contributed by atoms with Crippen molar-refractivity contribution in [3.63, 3.8) is 0 Å². The van der Waals surface area contributed by atoms with Gasteiger partial charge in [0, 0.05) is 11.1 Å². The average Bonchev–Trinajstić information content (AvgIpc) is 2.26. The number of hydrogen-bond acceptors (Lipinski definition) is 2. The fourth-order valence-corrected chi connectivity index (χ4v) is 1.56. The highest BCUT2D eigenvalue weighted by molar-refractivity contribution is 5.94. The van der Waals surface area contributed by atoms with Crippen LogP contribution < -0.4 is 11.1 Å². The Morgan fingerprint density at radius 1 is 1.13 bits per heavy atom. The summed E-state index contributed by atoms with van der Waals surface area (Å²) in [4.78, 5) is 10.6. The SMILES string of the molecule is [NH]C(=O)CNc1cccc2ccccc12. The topological polar surface area (TPSA) is 52.9 Å². The second-order valence-corrected chi connectivity index (χ2v) is 3.30. The van der Waals surface area contributed by atoms with Crippen molar-refractivity contribution in [3.05, 3.63) is 42.5 Å². The van der Waals surface area contributed by atoms with Gasteiger partial charge in [0.25, 0.3) is 5.91 Å². The summed E-state index contributed by atoms with van der Waals surface area (Å²) in [5.74, 6) is -0.608. The maximum atomic E-state index is 10.6. The van der Waals surface area contributed by atoms with Crippen LogP contribution in [-0.2, 0) is 4.79 Å². The van der Waals surface area contributed by atoms with Crippen LogP contribution in [0.3, 0.4) is 0 Å². The molecule has 0 heterocycles. The van der Waals surface area contributed by atoms with Crippen molar-refractivity contribution in [2.45, 2.75) is 0 Å². The van der Waals surface area contributed by atoms with E-state index in [0.717, 1.165) is 16.5 Å². The highest BCUT2D eigenvalue weighted by Crippen LogP contribution is 2.22. The van der Waals surface area contributed by atoms with Gasteiger partial charge in [-0.1, -0.05) is 36.4 Å². The molecule has 0 aliphatic carbocycles. The Bertz CT molecular complexity index is 488. The van der Waals surface area contributed by atoms with Gasteiger partial charge in [-0.3, -0.25) is 10.5 Å².